The lowest BCUT2D eigenvalue weighted by Crippen LogP contribution is -2.31. The molecule has 0 amide bonds. The average molecular weight is 376 g/mol. The molecule has 3 nitrogen and oxygen atoms in total. The fraction of sp³-hybridized carbons (Fsp3) is 0.833. The van der Waals surface area contributed by atoms with Crippen LogP contribution < -0.4 is 4.74 Å². The standard InChI is InChI=1S/C18H27F3N2OS/c1-13(18(19,20)21)24-17-22-15-8-11-23(12-9-16(15)25-17)10-7-14-5-3-2-4-6-14/h13-14H,2-12H2,1H3. The molecule has 0 N–H and O–H groups in total. The first-order valence-electron chi connectivity index (χ1n) is 9.36. The first-order chi connectivity index (χ1) is 11.9. The van der Waals surface area contributed by atoms with Crippen LogP contribution in [0.3, 0.4) is 0 Å². The zero-order chi connectivity index (χ0) is 17.9. The van der Waals surface area contributed by atoms with E-state index in [4.69, 9.17) is 4.74 Å². The van der Waals surface area contributed by atoms with Gasteiger partial charge in [-0.3, -0.25) is 0 Å². The van der Waals surface area contributed by atoms with Gasteiger partial charge in [0.05, 0.1) is 5.69 Å². The predicted octanol–water partition coefficient (Wildman–Crippen LogP) is 4.84. The SMILES string of the molecule is CC(Oc1nc2c(s1)CCN(CCC1CCCCC1)CC2)C(F)(F)F. The number of hydrogen-bond donors (Lipinski definition) is 0. The van der Waals surface area contributed by atoms with Crippen LogP contribution in [0.4, 0.5) is 13.2 Å². The van der Waals surface area contributed by atoms with Gasteiger partial charge in [-0.25, -0.2) is 4.98 Å². The van der Waals surface area contributed by atoms with Crippen molar-refractivity contribution in [3.63, 3.8) is 0 Å². The van der Waals surface area contributed by atoms with Crippen molar-refractivity contribution in [2.75, 3.05) is 19.6 Å². The first kappa shape index (κ1) is 19.0. The van der Waals surface area contributed by atoms with Gasteiger partial charge in [-0.1, -0.05) is 43.4 Å². The Hall–Kier alpha value is -0.820. The van der Waals surface area contributed by atoms with Gasteiger partial charge in [0.2, 0.25) is 0 Å². The van der Waals surface area contributed by atoms with E-state index in [1.165, 1.54) is 49.9 Å². The molecular weight excluding hydrogens is 349 g/mol. The van der Waals surface area contributed by atoms with E-state index in [1.807, 2.05) is 0 Å². The van der Waals surface area contributed by atoms with E-state index in [0.29, 0.717) is 0 Å². The third-order valence-corrected chi connectivity index (χ3v) is 6.44. The molecule has 142 valence electrons. The van der Waals surface area contributed by atoms with Crippen LogP contribution in [0, 0.1) is 5.92 Å². The number of hydrogen-bond acceptors (Lipinski definition) is 4. The van der Waals surface area contributed by atoms with Crippen LogP contribution >= 0.6 is 11.3 Å². The molecule has 25 heavy (non-hydrogen) atoms. The fourth-order valence-corrected chi connectivity index (χ4v) is 4.74. The first-order valence-corrected chi connectivity index (χ1v) is 10.2. The third kappa shape index (κ3) is 5.33. The summed E-state index contributed by atoms with van der Waals surface area (Å²) in [5.41, 5.74) is 0.926. The van der Waals surface area contributed by atoms with Crippen molar-refractivity contribution in [2.24, 2.45) is 5.92 Å². The van der Waals surface area contributed by atoms with Crippen molar-refractivity contribution in [1.29, 1.82) is 0 Å². The summed E-state index contributed by atoms with van der Waals surface area (Å²) < 4.78 is 42.8. The van der Waals surface area contributed by atoms with Crippen LogP contribution in [0.5, 0.6) is 5.19 Å². The van der Waals surface area contributed by atoms with Gasteiger partial charge in [0.1, 0.15) is 0 Å². The van der Waals surface area contributed by atoms with Gasteiger partial charge < -0.3 is 9.64 Å². The van der Waals surface area contributed by atoms with Gasteiger partial charge in [0.15, 0.2) is 6.10 Å². The highest BCUT2D eigenvalue weighted by atomic mass is 32.1. The summed E-state index contributed by atoms with van der Waals surface area (Å²) in [4.78, 5) is 7.89. The second kappa shape index (κ2) is 8.25. The largest absolute Gasteiger partial charge is 0.457 e. The Labute approximate surface area is 151 Å². The van der Waals surface area contributed by atoms with Crippen LogP contribution in [0.2, 0.25) is 0 Å². The molecule has 1 aromatic rings. The summed E-state index contributed by atoms with van der Waals surface area (Å²) in [7, 11) is 0. The lowest BCUT2D eigenvalue weighted by atomic mass is 9.87. The molecule has 7 heteroatoms. The molecule has 1 aliphatic carbocycles. The Morgan fingerprint density at radius 2 is 1.92 bits per heavy atom. The number of thiazole rings is 1. The summed E-state index contributed by atoms with van der Waals surface area (Å²) in [6.45, 7) is 4.07. The number of ether oxygens (including phenoxy) is 1. The molecule has 1 fully saturated rings. The molecule has 0 bridgehead atoms. The van der Waals surface area contributed by atoms with E-state index in [0.717, 1.165) is 55.9 Å². The maximum absolute atomic E-state index is 12.6. The minimum atomic E-state index is -4.35. The van der Waals surface area contributed by atoms with Crippen molar-refractivity contribution < 1.29 is 17.9 Å². The Balaban J connectivity index is 1.49. The van der Waals surface area contributed by atoms with Gasteiger partial charge in [-0.2, -0.15) is 13.2 Å². The van der Waals surface area contributed by atoms with Crippen molar-refractivity contribution >= 4 is 11.3 Å². The van der Waals surface area contributed by atoms with Crippen LogP contribution in [0.15, 0.2) is 0 Å². The number of nitrogens with zero attached hydrogens (tertiary/aromatic N) is 2. The van der Waals surface area contributed by atoms with E-state index in [9.17, 15) is 13.2 Å². The van der Waals surface area contributed by atoms with Gasteiger partial charge in [0, 0.05) is 24.4 Å². The quantitative estimate of drug-likeness (QED) is 0.735. The summed E-state index contributed by atoms with van der Waals surface area (Å²) >= 11 is 1.28. The molecule has 2 heterocycles. The van der Waals surface area contributed by atoms with E-state index in [1.54, 1.807) is 0 Å². The highest BCUT2D eigenvalue weighted by Gasteiger charge is 2.38. The summed E-state index contributed by atoms with van der Waals surface area (Å²) in [6.07, 6.45) is 3.69. The Bertz CT molecular complexity index is 530. The third-order valence-electron chi connectivity index (χ3n) is 5.40. The van der Waals surface area contributed by atoms with E-state index >= 15 is 0 Å². The smallest absolute Gasteiger partial charge is 0.425 e. The highest BCUT2D eigenvalue weighted by molar-refractivity contribution is 7.13. The Kier molecular flexibility index (Phi) is 6.25. The van der Waals surface area contributed by atoms with Gasteiger partial charge in [-0.05, 0) is 32.2 Å². The molecule has 0 saturated heterocycles. The average Bonchev–Trinajstić information content (AvgIpc) is 2.86. The molecule has 1 saturated carbocycles. The van der Waals surface area contributed by atoms with Crippen molar-refractivity contribution in [1.82, 2.24) is 9.88 Å². The fourth-order valence-electron chi connectivity index (χ4n) is 3.72. The normalized spacial score (nSPS) is 21.6. The zero-order valence-electron chi connectivity index (χ0n) is 14.8. The summed E-state index contributed by atoms with van der Waals surface area (Å²) in [5.74, 6) is 0.882. The molecule has 1 aliphatic heterocycles. The van der Waals surface area contributed by atoms with Crippen molar-refractivity contribution in [3.8, 4) is 5.19 Å². The molecule has 1 atom stereocenters. The molecular formula is C18H27F3N2OS. The molecule has 1 unspecified atom stereocenters. The van der Waals surface area contributed by atoms with Crippen LogP contribution in [0.25, 0.3) is 0 Å². The number of alkyl halides is 3. The van der Waals surface area contributed by atoms with E-state index in [2.05, 4.69) is 9.88 Å². The van der Waals surface area contributed by atoms with Gasteiger partial charge in [-0.15, -0.1) is 0 Å². The monoisotopic (exact) mass is 376 g/mol. The van der Waals surface area contributed by atoms with Crippen molar-refractivity contribution in [3.05, 3.63) is 10.6 Å². The number of aromatic nitrogens is 1. The van der Waals surface area contributed by atoms with Gasteiger partial charge in [0.25, 0.3) is 5.19 Å². The Morgan fingerprint density at radius 3 is 2.64 bits per heavy atom. The van der Waals surface area contributed by atoms with Crippen LogP contribution in [0.1, 0.15) is 56.0 Å². The van der Waals surface area contributed by atoms with Crippen LogP contribution in [-0.2, 0) is 12.8 Å². The zero-order valence-corrected chi connectivity index (χ0v) is 15.6. The lowest BCUT2D eigenvalue weighted by molar-refractivity contribution is -0.189. The number of fused-ring (bicyclic) bond motifs is 1. The van der Waals surface area contributed by atoms with E-state index < -0.39 is 12.3 Å². The summed E-state index contributed by atoms with van der Waals surface area (Å²) in [6, 6.07) is 0. The molecule has 0 aromatic carbocycles. The number of halogens is 3. The summed E-state index contributed by atoms with van der Waals surface area (Å²) in [5, 5.41) is 0.158. The molecule has 0 radical (unpaired) electrons. The molecule has 2 aliphatic rings. The predicted molar refractivity (Wildman–Crippen MR) is 93.3 cm³/mol. The second-order valence-electron chi connectivity index (χ2n) is 7.29. The molecule has 1 aromatic heterocycles. The van der Waals surface area contributed by atoms with Crippen molar-refractivity contribution in [2.45, 2.75) is 70.6 Å². The van der Waals surface area contributed by atoms with Crippen LogP contribution in [-0.4, -0.2) is 41.8 Å². The van der Waals surface area contributed by atoms with Gasteiger partial charge >= 0.3 is 6.18 Å². The lowest BCUT2D eigenvalue weighted by Gasteiger charge is -2.26. The maximum atomic E-state index is 12.6. The maximum Gasteiger partial charge on any atom is 0.425 e. The minimum Gasteiger partial charge on any atom is -0.457 e. The molecule has 3 rings (SSSR count). The Morgan fingerprint density at radius 1 is 1.20 bits per heavy atom. The topological polar surface area (TPSA) is 25.4 Å². The number of rotatable bonds is 5. The minimum absolute atomic E-state index is 0.158. The second-order valence-corrected chi connectivity index (χ2v) is 8.33. The highest BCUT2D eigenvalue weighted by Crippen LogP contribution is 2.32. The van der Waals surface area contributed by atoms with E-state index in [-0.39, 0.29) is 5.19 Å². The molecule has 0 spiro atoms.